The molecule has 32 heavy (non-hydrogen) atoms. The zero-order valence-corrected chi connectivity index (χ0v) is 18.3. The Bertz CT molecular complexity index is 1470. The number of fused-ring (bicyclic) bond motifs is 6. The van der Waals surface area contributed by atoms with Gasteiger partial charge in [-0.3, -0.25) is 4.98 Å². The maximum absolute atomic E-state index is 5.58. The lowest BCUT2D eigenvalue weighted by molar-refractivity contribution is 0.355. The molecule has 0 amide bonds. The van der Waals surface area contributed by atoms with Gasteiger partial charge in [-0.25, -0.2) is 4.98 Å². The van der Waals surface area contributed by atoms with Gasteiger partial charge in [-0.05, 0) is 35.0 Å². The predicted molar refractivity (Wildman–Crippen MR) is 126 cm³/mol. The summed E-state index contributed by atoms with van der Waals surface area (Å²) in [5.41, 5.74) is 3.36. The minimum absolute atomic E-state index is 0.632. The number of rotatable bonds is 5. The molecule has 6 nitrogen and oxygen atoms in total. The van der Waals surface area contributed by atoms with Crippen molar-refractivity contribution in [1.29, 1.82) is 0 Å². The topological polar surface area (TPSA) is 62.7 Å². The highest BCUT2D eigenvalue weighted by molar-refractivity contribution is 6.24. The first kappa shape index (κ1) is 19.9. The second-order valence-corrected chi connectivity index (χ2v) is 7.32. The minimum Gasteiger partial charge on any atom is -0.493 e. The van der Waals surface area contributed by atoms with Crippen molar-refractivity contribution in [2.45, 2.75) is 0 Å². The quantitative estimate of drug-likeness (QED) is 0.339. The molecule has 0 radical (unpaired) electrons. The first-order valence-electron chi connectivity index (χ1n) is 10.1. The van der Waals surface area contributed by atoms with E-state index in [0.29, 0.717) is 23.0 Å². The van der Waals surface area contributed by atoms with Crippen LogP contribution in [0.25, 0.3) is 43.8 Å². The maximum atomic E-state index is 5.58. The molecule has 0 spiro atoms. The Balaban J connectivity index is 1.97. The average molecular weight is 426 g/mol. The third-order valence-electron chi connectivity index (χ3n) is 5.69. The minimum atomic E-state index is 0.632. The zero-order valence-electron chi connectivity index (χ0n) is 18.3. The van der Waals surface area contributed by atoms with Crippen molar-refractivity contribution in [1.82, 2.24) is 9.97 Å². The fourth-order valence-corrected chi connectivity index (χ4v) is 4.12. The van der Waals surface area contributed by atoms with Gasteiger partial charge in [0, 0.05) is 16.3 Å². The number of ether oxygens (including phenoxy) is 4. The van der Waals surface area contributed by atoms with E-state index in [1.54, 1.807) is 34.6 Å². The number of nitrogens with zero attached hydrogens (tertiary/aromatic N) is 2. The monoisotopic (exact) mass is 426 g/mol. The van der Waals surface area contributed by atoms with Crippen molar-refractivity contribution in [2.24, 2.45) is 0 Å². The van der Waals surface area contributed by atoms with Gasteiger partial charge in [0.05, 0.1) is 51.4 Å². The van der Waals surface area contributed by atoms with E-state index >= 15 is 0 Å². The second kappa shape index (κ2) is 7.89. The molecule has 0 aliphatic carbocycles. The third-order valence-corrected chi connectivity index (χ3v) is 5.69. The second-order valence-electron chi connectivity index (χ2n) is 7.32. The third kappa shape index (κ3) is 3.03. The normalized spacial score (nSPS) is 11.1. The standard InChI is InChI=1S/C26H22N2O4/c1-29-21-10-16-17-11-22(30-2)24(32-4)13-19(17)26-25(18(16)12-23(21)31-3)27-14-20(28-26)15-8-6-5-7-9-15/h5-14H,1-4H3. The summed E-state index contributed by atoms with van der Waals surface area (Å²) in [5.74, 6) is 2.55. The van der Waals surface area contributed by atoms with Gasteiger partial charge in [0.1, 0.15) is 0 Å². The largest absolute Gasteiger partial charge is 0.493 e. The average Bonchev–Trinajstić information content (AvgIpc) is 2.87. The van der Waals surface area contributed by atoms with Gasteiger partial charge in [-0.1, -0.05) is 30.3 Å². The summed E-state index contributed by atoms with van der Waals surface area (Å²) in [6.45, 7) is 0. The summed E-state index contributed by atoms with van der Waals surface area (Å²) in [7, 11) is 6.51. The molecule has 0 atom stereocenters. The number of hydrogen-bond donors (Lipinski definition) is 0. The van der Waals surface area contributed by atoms with E-state index in [2.05, 4.69) is 0 Å². The van der Waals surface area contributed by atoms with Gasteiger partial charge in [0.25, 0.3) is 0 Å². The fraction of sp³-hybridized carbons (Fsp3) is 0.154. The molecule has 0 saturated carbocycles. The Morgan fingerprint density at radius 3 is 1.53 bits per heavy atom. The van der Waals surface area contributed by atoms with Crippen molar-refractivity contribution < 1.29 is 18.9 Å². The Morgan fingerprint density at radius 2 is 1.03 bits per heavy atom. The van der Waals surface area contributed by atoms with Crippen LogP contribution >= 0.6 is 0 Å². The number of hydrogen-bond acceptors (Lipinski definition) is 6. The van der Waals surface area contributed by atoms with Crippen LogP contribution < -0.4 is 18.9 Å². The fourth-order valence-electron chi connectivity index (χ4n) is 4.12. The van der Waals surface area contributed by atoms with Gasteiger partial charge in [-0.2, -0.15) is 0 Å². The highest BCUT2D eigenvalue weighted by atomic mass is 16.5. The molecule has 0 saturated heterocycles. The summed E-state index contributed by atoms with van der Waals surface area (Å²) in [4.78, 5) is 9.86. The van der Waals surface area contributed by atoms with Gasteiger partial charge in [0.2, 0.25) is 0 Å². The van der Waals surface area contributed by atoms with Crippen molar-refractivity contribution in [3.8, 4) is 34.3 Å². The summed E-state index contributed by atoms with van der Waals surface area (Å²) >= 11 is 0. The van der Waals surface area contributed by atoms with Crippen LogP contribution in [0.2, 0.25) is 0 Å². The molecule has 4 aromatic carbocycles. The van der Waals surface area contributed by atoms with Gasteiger partial charge < -0.3 is 18.9 Å². The summed E-state index contributed by atoms with van der Waals surface area (Å²) in [5, 5.41) is 3.77. The van der Waals surface area contributed by atoms with Crippen molar-refractivity contribution in [3.63, 3.8) is 0 Å². The number of aromatic nitrogens is 2. The van der Waals surface area contributed by atoms with Crippen molar-refractivity contribution in [3.05, 3.63) is 60.8 Å². The summed E-state index contributed by atoms with van der Waals surface area (Å²) in [6.07, 6.45) is 1.81. The van der Waals surface area contributed by atoms with E-state index in [9.17, 15) is 0 Å². The SMILES string of the molecule is COc1cc2c3cc(OC)c(OC)cc3c3nc(-c4ccccc4)cnc3c2cc1OC. The lowest BCUT2D eigenvalue weighted by atomic mass is 9.98. The number of methoxy groups -OCH3 is 4. The Labute approximate surface area is 185 Å². The van der Waals surface area contributed by atoms with Crippen LogP contribution in [-0.2, 0) is 0 Å². The molecule has 5 aromatic rings. The van der Waals surface area contributed by atoms with Gasteiger partial charge in [-0.15, -0.1) is 0 Å². The molecule has 0 aliphatic heterocycles. The molecule has 6 heteroatoms. The predicted octanol–water partition coefficient (Wildman–Crippen LogP) is 5.64. The molecule has 0 fully saturated rings. The maximum Gasteiger partial charge on any atom is 0.161 e. The van der Waals surface area contributed by atoms with Crippen LogP contribution in [-0.4, -0.2) is 38.4 Å². The van der Waals surface area contributed by atoms with Gasteiger partial charge >= 0.3 is 0 Å². The van der Waals surface area contributed by atoms with Crippen LogP contribution in [0.15, 0.2) is 60.8 Å². The molecule has 0 N–H and O–H groups in total. The highest BCUT2D eigenvalue weighted by Gasteiger charge is 2.18. The Hall–Kier alpha value is -4.06. The molecular formula is C26H22N2O4. The lowest BCUT2D eigenvalue weighted by Crippen LogP contribution is -1.96. The van der Waals surface area contributed by atoms with E-state index in [0.717, 1.165) is 43.8 Å². The van der Waals surface area contributed by atoms with Crippen molar-refractivity contribution in [2.75, 3.05) is 28.4 Å². The molecular weight excluding hydrogens is 404 g/mol. The summed E-state index contributed by atoms with van der Waals surface area (Å²) < 4.78 is 22.3. The first-order valence-corrected chi connectivity index (χ1v) is 10.1. The van der Waals surface area contributed by atoms with Crippen LogP contribution in [0.4, 0.5) is 0 Å². The first-order chi connectivity index (χ1) is 15.7. The van der Waals surface area contributed by atoms with Crippen LogP contribution in [0, 0.1) is 0 Å². The molecule has 1 aromatic heterocycles. The summed E-state index contributed by atoms with van der Waals surface area (Å²) in [6, 6.07) is 17.9. The molecule has 1 heterocycles. The Kier molecular flexibility index (Phi) is 4.90. The molecule has 0 aliphatic rings. The van der Waals surface area contributed by atoms with Gasteiger partial charge in [0.15, 0.2) is 23.0 Å². The van der Waals surface area contributed by atoms with E-state index in [4.69, 9.17) is 28.9 Å². The lowest BCUT2D eigenvalue weighted by Gasteiger charge is -2.16. The molecule has 0 bridgehead atoms. The van der Waals surface area contributed by atoms with Crippen molar-refractivity contribution >= 4 is 32.6 Å². The van der Waals surface area contributed by atoms with E-state index in [-0.39, 0.29) is 0 Å². The highest BCUT2D eigenvalue weighted by Crippen LogP contribution is 2.43. The van der Waals surface area contributed by atoms with E-state index in [1.165, 1.54) is 0 Å². The molecule has 0 unspecified atom stereocenters. The van der Waals surface area contributed by atoms with Crippen LogP contribution in [0.5, 0.6) is 23.0 Å². The Morgan fingerprint density at radius 1 is 0.562 bits per heavy atom. The smallest absolute Gasteiger partial charge is 0.161 e. The van der Waals surface area contributed by atoms with E-state index in [1.807, 2.05) is 54.6 Å². The zero-order chi connectivity index (χ0) is 22.2. The number of benzene rings is 4. The van der Waals surface area contributed by atoms with Crippen LogP contribution in [0.1, 0.15) is 0 Å². The molecule has 160 valence electrons. The van der Waals surface area contributed by atoms with Crippen LogP contribution in [0.3, 0.4) is 0 Å². The molecule has 5 rings (SSSR count). The van der Waals surface area contributed by atoms with E-state index < -0.39 is 0 Å².